The van der Waals surface area contributed by atoms with Crippen molar-refractivity contribution in [3.63, 3.8) is 0 Å². The van der Waals surface area contributed by atoms with E-state index in [1.807, 2.05) is 37.2 Å². The lowest BCUT2D eigenvalue weighted by Gasteiger charge is -2.14. The first-order valence-corrected chi connectivity index (χ1v) is 6.60. The van der Waals surface area contributed by atoms with E-state index in [0.717, 1.165) is 10.3 Å². The molecule has 0 fully saturated rings. The van der Waals surface area contributed by atoms with Crippen molar-refractivity contribution >= 4 is 16.6 Å². The molecule has 1 heterocycles. The Morgan fingerprint density at radius 3 is 2.52 bits per heavy atom. The van der Waals surface area contributed by atoms with Gasteiger partial charge in [0.1, 0.15) is 0 Å². The number of nitrogens with one attached hydrogen (secondary N) is 1. The van der Waals surface area contributed by atoms with Gasteiger partial charge in [0.2, 0.25) is 0 Å². The summed E-state index contributed by atoms with van der Waals surface area (Å²) in [5, 5.41) is 0.493. The van der Waals surface area contributed by atoms with Crippen LogP contribution in [0.4, 0.5) is 5.69 Å². The van der Waals surface area contributed by atoms with E-state index in [1.54, 1.807) is 30.3 Å². The molecule has 21 heavy (non-hydrogen) atoms. The lowest BCUT2D eigenvalue weighted by Crippen LogP contribution is -2.33. The molecule has 0 aliphatic heterocycles. The van der Waals surface area contributed by atoms with E-state index in [2.05, 4.69) is 4.98 Å². The molecule has 5 heteroatoms. The van der Waals surface area contributed by atoms with Gasteiger partial charge in [-0.2, -0.15) is 0 Å². The molecule has 1 aromatic heterocycles. The standard InChI is InChI=1S/C16H15N3O2/c1-18(2)11-6-5-7-12(10-11)19-15(20)13-8-3-4-9-14(13)17-16(19)21/h3-10H,1-2H3,(H,17,21). The van der Waals surface area contributed by atoms with Gasteiger partial charge < -0.3 is 9.88 Å². The summed E-state index contributed by atoms with van der Waals surface area (Å²) < 4.78 is 1.16. The number of nitrogens with zero attached hydrogens (tertiary/aromatic N) is 2. The first-order valence-electron chi connectivity index (χ1n) is 6.60. The summed E-state index contributed by atoms with van der Waals surface area (Å²) in [7, 11) is 3.82. The summed E-state index contributed by atoms with van der Waals surface area (Å²) >= 11 is 0. The van der Waals surface area contributed by atoms with Gasteiger partial charge in [-0.15, -0.1) is 0 Å². The SMILES string of the molecule is CN(C)c1cccc(-n2c(=O)[nH]c3ccccc3c2=O)c1. The molecule has 5 nitrogen and oxygen atoms in total. The van der Waals surface area contributed by atoms with Gasteiger partial charge in [0.05, 0.1) is 16.6 Å². The number of benzene rings is 2. The normalized spacial score (nSPS) is 10.8. The van der Waals surface area contributed by atoms with E-state index in [0.29, 0.717) is 16.6 Å². The summed E-state index contributed by atoms with van der Waals surface area (Å²) in [5.74, 6) is 0. The van der Waals surface area contributed by atoms with Crippen molar-refractivity contribution in [3.8, 4) is 5.69 Å². The molecular weight excluding hydrogens is 266 g/mol. The molecule has 0 saturated carbocycles. The number of hydrogen-bond acceptors (Lipinski definition) is 3. The van der Waals surface area contributed by atoms with E-state index in [1.165, 1.54) is 0 Å². The molecule has 2 aromatic carbocycles. The van der Waals surface area contributed by atoms with Crippen molar-refractivity contribution in [2.45, 2.75) is 0 Å². The zero-order chi connectivity index (χ0) is 15.0. The van der Waals surface area contributed by atoms with Crippen LogP contribution in [0.5, 0.6) is 0 Å². The molecule has 1 N–H and O–H groups in total. The van der Waals surface area contributed by atoms with Gasteiger partial charge in [0.15, 0.2) is 0 Å². The van der Waals surface area contributed by atoms with E-state index < -0.39 is 5.69 Å². The molecule has 0 atom stereocenters. The lowest BCUT2D eigenvalue weighted by atomic mass is 10.2. The fourth-order valence-corrected chi connectivity index (χ4v) is 2.31. The molecule has 0 aliphatic rings. The average molecular weight is 281 g/mol. The number of H-pyrrole nitrogens is 1. The highest BCUT2D eigenvalue weighted by Crippen LogP contribution is 2.15. The second-order valence-electron chi connectivity index (χ2n) is 5.03. The first kappa shape index (κ1) is 13.2. The predicted molar refractivity (Wildman–Crippen MR) is 84.5 cm³/mol. The first-order chi connectivity index (χ1) is 10.1. The molecule has 0 unspecified atom stereocenters. The Balaban J connectivity index is 2.33. The molecule has 0 aliphatic carbocycles. The maximum absolute atomic E-state index is 12.6. The highest BCUT2D eigenvalue weighted by atomic mass is 16.2. The summed E-state index contributed by atoms with van der Waals surface area (Å²) in [6, 6.07) is 14.3. The van der Waals surface area contributed by atoms with Crippen LogP contribution in [0.25, 0.3) is 16.6 Å². The molecule has 106 valence electrons. The molecule has 0 amide bonds. The van der Waals surface area contributed by atoms with Gasteiger partial charge in [0, 0.05) is 19.8 Å². The minimum absolute atomic E-state index is 0.315. The van der Waals surface area contributed by atoms with Crippen LogP contribution in [-0.2, 0) is 0 Å². The molecular formula is C16H15N3O2. The number of para-hydroxylation sites is 1. The topological polar surface area (TPSA) is 58.1 Å². The second-order valence-corrected chi connectivity index (χ2v) is 5.03. The van der Waals surface area contributed by atoms with Crippen LogP contribution in [-0.4, -0.2) is 23.6 Å². The van der Waals surface area contributed by atoms with Gasteiger partial charge in [-0.25, -0.2) is 9.36 Å². The Morgan fingerprint density at radius 1 is 1.00 bits per heavy atom. The summed E-state index contributed by atoms with van der Waals surface area (Å²) in [4.78, 5) is 29.5. The number of aromatic nitrogens is 2. The van der Waals surface area contributed by atoms with Crippen LogP contribution in [0.15, 0.2) is 58.1 Å². The third kappa shape index (κ3) is 2.23. The van der Waals surface area contributed by atoms with Gasteiger partial charge >= 0.3 is 5.69 Å². The Hall–Kier alpha value is -2.82. The molecule has 3 rings (SSSR count). The Bertz CT molecular complexity index is 922. The van der Waals surface area contributed by atoms with Crippen LogP contribution in [0.3, 0.4) is 0 Å². The minimum atomic E-state index is -0.436. The Kier molecular flexibility index (Phi) is 3.10. The van der Waals surface area contributed by atoms with Gasteiger partial charge in [-0.1, -0.05) is 18.2 Å². The van der Waals surface area contributed by atoms with Crippen molar-refractivity contribution in [1.82, 2.24) is 9.55 Å². The van der Waals surface area contributed by atoms with Crippen LogP contribution in [0.2, 0.25) is 0 Å². The third-order valence-electron chi connectivity index (χ3n) is 3.41. The summed E-state index contributed by atoms with van der Waals surface area (Å²) in [5.41, 5.74) is 1.28. The van der Waals surface area contributed by atoms with E-state index in [9.17, 15) is 9.59 Å². The number of aromatic amines is 1. The fraction of sp³-hybridized carbons (Fsp3) is 0.125. The Labute approximate surface area is 121 Å². The van der Waals surface area contributed by atoms with Crippen LogP contribution in [0, 0.1) is 0 Å². The van der Waals surface area contributed by atoms with Gasteiger partial charge in [-0.05, 0) is 30.3 Å². The monoisotopic (exact) mass is 281 g/mol. The molecule has 0 spiro atoms. The average Bonchev–Trinajstić information content (AvgIpc) is 2.47. The predicted octanol–water partition coefficient (Wildman–Crippen LogP) is 1.74. The zero-order valence-electron chi connectivity index (χ0n) is 11.8. The maximum Gasteiger partial charge on any atom is 0.333 e. The van der Waals surface area contributed by atoms with Crippen molar-refractivity contribution in [2.24, 2.45) is 0 Å². The Morgan fingerprint density at radius 2 is 1.76 bits per heavy atom. The smallest absolute Gasteiger partial charge is 0.333 e. The van der Waals surface area contributed by atoms with E-state index >= 15 is 0 Å². The highest BCUT2D eigenvalue weighted by molar-refractivity contribution is 5.77. The van der Waals surface area contributed by atoms with Crippen LogP contribution >= 0.6 is 0 Å². The van der Waals surface area contributed by atoms with Crippen LogP contribution in [0.1, 0.15) is 0 Å². The molecule has 3 aromatic rings. The van der Waals surface area contributed by atoms with Gasteiger partial charge in [0.25, 0.3) is 5.56 Å². The molecule has 0 bridgehead atoms. The number of fused-ring (bicyclic) bond motifs is 1. The van der Waals surface area contributed by atoms with Crippen molar-refractivity contribution < 1.29 is 0 Å². The summed E-state index contributed by atoms with van der Waals surface area (Å²) in [6.07, 6.45) is 0. The highest BCUT2D eigenvalue weighted by Gasteiger charge is 2.09. The number of hydrogen-bond donors (Lipinski definition) is 1. The second kappa shape index (κ2) is 4.94. The van der Waals surface area contributed by atoms with Gasteiger partial charge in [-0.3, -0.25) is 4.79 Å². The third-order valence-corrected chi connectivity index (χ3v) is 3.41. The minimum Gasteiger partial charge on any atom is -0.378 e. The zero-order valence-corrected chi connectivity index (χ0v) is 11.8. The van der Waals surface area contributed by atoms with E-state index in [-0.39, 0.29) is 5.56 Å². The lowest BCUT2D eigenvalue weighted by molar-refractivity contribution is 0.900. The van der Waals surface area contributed by atoms with Crippen molar-refractivity contribution in [3.05, 3.63) is 69.4 Å². The maximum atomic E-state index is 12.6. The largest absolute Gasteiger partial charge is 0.378 e. The fourth-order valence-electron chi connectivity index (χ4n) is 2.31. The van der Waals surface area contributed by atoms with Crippen molar-refractivity contribution in [2.75, 3.05) is 19.0 Å². The summed E-state index contributed by atoms with van der Waals surface area (Å²) in [6.45, 7) is 0. The number of rotatable bonds is 2. The van der Waals surface area contributed by atoms with E-state index in [4.69, 9.17) is 0 Å². The number of anilines is 1. The molecule has 0 saturated heterocycles. The van der Waals surface area contributed by atoms with Crippen molar-refractivity contribution in [1.29, 1.82) is 0 Å². The quantitative estimate of drug-likeness (QED) is 0.778. The molecule has 0 radical (unpaired) electrons. The van der Waals surface area contributed by atoms with Crippen LogP contribution < -0.4 is 16.1 Å².